The number of nitriles is 1. The van der Waals surface area contributed by atoms with Gasteiger partial charge in [0.25, 0.3) is 0 Å². The monoisotopic (exact) mass is 403 g/mol. The van der Waals surface area contributed by atoms with Gasteiger partial charge in [0.15, 0.2) is 5.78 Å². The highest BCUT2D eigenvalue weighted by Crippen LogP contribution is 2.47. The van der Waals surface area contributed by atoms with Crippen molar-refractivity contribution in [1.29, 1.82) is 5.26 Å². The number of aryl methyl sites for hydroxylation is 2. The summed E-state index contributed by atoms with van der Waals surface area (Å²) in [5, 5.41) is 10.7. The SMILES string of the molecule is Cc1ccc(C)c(C2C(C#N)=C(N)N(c3ccc(Cl)cc3)C3=C2C(=O)CCC3)c1. The van der Waals surface area contributed by atoms with Crippen LogP contribution in [0.15, 0.2) is 65.1 Å². The minimum absolute atomic E-state index is 0.0939. The predicted molar refractivity (Wildman–Crippen MR) is 115 cm³/mol. The van der Waals surface area contributed by atoms with E-state index in [1.165, 1.54) is 0 Å². The van der Waals surface area contributed by atoms with E-state index in [0.29, 0.717) is 28.4 Å². The summed E-state index contributed by atoms with van der Waals surface area (Å²) >= 11 is 6.06. The maximum atomic E-state index is 13.1. The molecule has 2 aliphatic rings. The molecule has 0 aromatic heterocycles. The Morgan fingerprint density at radius 3 is 2.55 bits per heavy atom. The maximum Gasteiger partial charge on any atom is 0.161 e. The summed E-state index contributed by atoms with van der Waals surface area (Å²) in [6.07, 6.45) is 2.01. The number of benzene rings is 2. The minimum atomic E-state index is -0.425. The van der Waals surface area contributed by atoms with Gasteiger partial charge in [-0.05, 0) is 62.1 Å². The lowest BCUT2D eigenvalue weighted by molar-refractivity contribution is -0.116. The molecule has 0 bridgehead atoms. The average molecular weight is 404 g/mol. The van der Waals surface area contributed by atoms with E-state index in [1.807, 2.05) is 43.0 Å². The Bertz CT molecular complexity index is 1110. The number of hydrogen-bond donors (Lipinski definition) is 1. The molecule has 4 rings (SSSR count). The van der Waals surface area contributed by atoms with Crippen LogP contribution in [-0.2, 0) is 4.79 Å². The molecule has 0 saturated carbocycles. The molecule has 4 nitrogen and oxygen atoms in total. The summed E-state index contributed by atoms with van der Waals surface area (Å²) in [6.45, 7) is 4.03. The van der Waals surface area contributed by atoms with Crippen LogP contribution in [0.4, 0.5) is 5.69 Å². The Balaban J connectivity index is 1.99. The van der Waals surface area contributed by atoms with Crippen molar-refractivity contribution in [3.8, 4) is 6.07 Å². The first-order valence-corrected chi connectivity index (χ1v) is 10.1. The number of nitrogens with zero attached hydrogens (tertiary/aromatic N) is 2. The molecule has 146 valence electrons. The van der Waals surface area contributed by atoms with E-state index in [4.69, 9.17) is 17.3 Å². The van der Waals surface area contributed by atoms with E-state index in [9.17, 15) is 10.1 Å². The molecule has 2 aromatic rings. The van der Waals surface area contributed by atoms with Crippen LogP contribution in [0, 0.1) is 25.2 Å². The van der Waals surface area contributed by atoms with Crippen LogP contribution in [0.5, 0.6) is 0 Å². The van der Waals surface area contributed by atoms with Gasteiger partial charge in [0, 0.05) is 28.4 Å². The second kappa shape index (κ2) is 7.42. The standard InChI is InChI=1S/C24H22ClN3O/c1-14-6-7-15(2)18(12-14)22-19(13-26)24(27)28(17-10-8-16(25)9-11-17)20-4-3-5-21(29)23(20)22/h6-12,22H,3-5,27H2,1-2H3. The number of carbonyl (C=O) groups excluding carboxylic acids is 1. The summed E-state index contributed by atoms with van der Waals surface area (Å²) in [6, 6.07) is 15.8. The normalized spacial score (nSPS) is 19.3. The summed E-state index contributed by atoms with van der Waals surface area (Å²) in [4.78, 5) is 15.0. The third-order valence-corrected chi connectivity index (χ3v) is 6.00. The molecule has 0 amide bonds. The third-order valence-electron chi connectivity index (χ3n) is 5.74. The van der Waals surface area contributed by atoms with Crippen molar-refractivity contribution in [1.82, 2.24) is 0 Å². The van der Waals surface area contributed by atoms with Crippen LogP contribution in [0.3, 0.4) is 0 Å². The first-order chi connectivity index (χ1) is 13.9. The van der Waals surface area contributed by atoms with Crippen LogP contribution in [-0.4, -0.2) is 5.78 Å². The molecule has 0 saturated heterocycles. The lowest BCUT2D eigenvalue weighted by Gasteiger charge is -2.40. The molecule has 0 radical (unpaired) electrons. The molecule has 1 heterocycles. The molecule has 2 aromatic carbocycles. The van der Waals surface area contributed by atoms with Gasteiger partial charge in [0.1, 0.15) is 5.82 Å². The molecule has 2 N–H and O–H groups in total. The minimum Gasteiger partial charge on any atom is -0.384 e. The van der Waals surface area contributed by atoms with E-state index in [-0.39, 0.29) is 5.78 Å². The van der Waals surface area contributed by atoms with Gasteiger partial charge in [-0.25, -0.2) is 0 Å². The van der Waals surface area contributed by atoms with Crippen LogP contribution in [0.1, 0.15) is 41.9 Å². The number of hydrogen-bond acceptors (Lipinski definition) is 4. The Kier molecular flexibility index (Phi) is 4.94. The van der Waals surface area contributed by atoms with E-state index >= 15 is 0 Å². The number of anilines is 1. The van der Waals surface area contributed by atoms with Crippen LogP contribution >= 0.6 is 11.6 Å². The van der Waals surface area contributed by atoms with Gasteiger partial charge >= 0.3 is 0 Å². The number of halogens is 1. The van der Waals surface area contributed by atoms with Crippen molar-refractivity contribution >= 4 is 23.1 Å². The summed E-state index contributed by atoms with van der Waals surface area (Å²) in [5.74, 6) is 0.0526. The van der Waals surface area contributed by atoms with Crippen molar-refractivity contribution in [3.63, 3.8) is 0 Å². The molecule has 29 heavy (non-hydrogen) atoms. The van der Waals surface area contributed by atoms with E-state index in [0.717, 1.165) is 40.9 Å². The number of Topliss-reactive ketones (excluding diaryl/α,β-unsaturated/α-hetero) is 1. The zero-order chi connectivity index (χ0) is 20.7. The van der Waals surface area contributed by atoms with Crippen LogP contribution in [0.2, 0.25) is 5.02 Å². The fourth-order valence-corrected chi connectivity index (χ4v) is 4.48. The number of nitrogens with two attached hydrogens (primary N) is 1. The van der Waals surface area contributed by atoms with Gasteiger partial charge in [0.2, 0.25) is 0 Å². The van der Waals surface area contributed by atoms with Gasteiger partial charge < -0.3 is 5.73 Å². The Morgan fingerprint density at radius 2 is 1.86 bits per heavy atom. The molecule has 1 unspecified atom stereocenters. The largest absolute Gasteiger partial charge is 0.384 e. The van der Waals surface area contributed by atoms with Crippen molar-refractivity contribution in [2.45, 2.75) is 39.0 Å². The Hall–Kier alpha value is -3.03. The van der Waals surface area contributed by atoms with E-state index in [1.54, 1.807) is 12.1 Å². The van der Waals surface area contributed by atoms with Gasteiger partial charge in [-0.2, -0.15) is 5.26 Å². The zero-order valence-electron chi connectivity index (χ0n) is 16.5. The van der Waals surface area contributed by atoms with Crippen molar-refractivity contribution < 1.29 is 4.79 Å². The molecule has 1 atom stereocenters. The number of carbonyl (C=O) groups is 1. The molecule has 1 aliphatic carbocycles. The van der Waals surface area contributed by atoms with Crippen molar-refractivity contribution in [3.05, 3.63) is 86.8 Å². The molecule has 5 heteroatoms. The van der Waals surface area contributed by atoms with Gasteiger partial charge in [0.05, 0.1) is 17.6 Å². The second-order valence-electron chi connectivity index (χ2n) is 7.65. The fourth-order valence-electron chi connectivity index (χ4n) is 4.35. The quantitative estimate of drug-likeness (QED) is 0.742. The summed E-state index contributed by atoms with van der Waals surface area (Å²) in [5.41, 5.74) is 12.5. The fraction of sp³-hybridized carbons (Fsp3) is 0.250. The Labute approximate surface area is 175 Å². The highest BCUT2D eigenvalue weighted by molar-refractivity contribution is 6.30. The van der Waals surface area contributed by atoms with Crippen molar-refractivity contribution in [2.75, 3.05) is 4.90 Å². The highest BCUT2D eigenvalue weighted by atomic mass is 35.5. The van der Waals surface area contributed by atoms with Gasteiger partial charge in [-0.1, -0.05) is 35.4 Å². The average Bonchev–Trinajstić information content (AvgIpc) is 2.70. The lowest BCUT2D eigenvalue weighted by atomic mass is 9.74. The van der Waals surface area contributed by atoms with Gasteiger partial charge in [-0.15, -0.1) is 0 Å². The smallest absolute Gasteiger partial charge is 0.161 e. The topological polar surface area (TPSA) is 70.1 Å². The molecule has 0 spiro atoms. The highest BCUT2D eigenvalue weighted by Gasteiger charge is 2.40. The number of ketones is 1. The molecule has 0 fully saturated rings. The number of rotatable bonds is 2. The molecular weight excluding hydrogens is 382 g/mol. The van der Waals surface area contributed by atoms with E-state index in [2.05, 4.69) is 12.1 Å². The van der Waals surface area contributed by atoms with Crippen LogP contribution < -0.4 is 10.6 Å². The summed E-state index contributed by atoms with van der Waals surface area (Å²) < 4.78 is 0. The van der Waals surface area contributed by atoms with Crippen molar-refractivity contribution in [2.24, 2.45) is 5.73 Å². The maximum absolute atomic E-state index is 13.1. The first-order valence-electron chi connectivity index (χ1n) is 9.71. The number of allylic oxidation sites excluding steroid dienone is 3. The van der Waals surface area contributed by atoms with Crippen LogP contribution in [0.25, 0.3) is 0 Å². The predicted octanol–water partition coefficient (Wildman–Crippen LogP) is 5.26. The van der Waals surface area contributed by atoms with E-state index < -0.39 is 5.92 Å². The molecular formula is C24H22ClN3O. The second-order valence-corrected chi connectivity index (χ2v) is 8.09. The third kappa shape index (κ3) is 3.22. The Morgan fingerprint density at radius 1 is 1.14 bits per heavy atom. The van der Waals surface area contributed by atoms with Gasteiger partial charge in [-0.3, -0.25) is 9.69 Å². The first kappa shape index (κ1) is 19.3. The molecule has 1 aliphatic heterocycles. The summed E-state index contributed by atoms with van der Waals surface area (Å²) in [7, 11) is 0. The lowest BCUT2D eigenvalue weighted by Crippen LogP contribution is -2.38. The zero-order valence-corrected chi connectivity index (χ0v) is 17.3.